The SMILES string of the molecule is Cc1cnc(Br)c(=O)n1CCNCCc1cccc(Cl)c1.Cc1cnc(Br)c(=O)n1CCO.NCCc1cccc(Cl)c1. The molecule has 13 heteroatoms. The first kappa shape index (κ1) is 36.8. The molecule has 43 heavy (non-hydrogen) atoms. The molecule has 0 unspecified atom stereocenters. The van der Waals surface area contributed by atoms with Gasteiger partial charge in [-0.25, -0.2) is 9.97 Å². The molecule has 2 heterocycles. The maximum atomic E-state index is 11.9. The number of nitrogens with two attached hydrogens (primary N) is 1. The average molecular weight is 759 g/mol. The van der Waals surface area contributed by atoms with E-state index in [9.17, 15) is 9.59 Å². The first-order valence-corrected chi connectivity index (χ1v) is 15.9. The lowest BCUT2D eigenvalue weighted by molar-refractivity contribution is 0.272. The highest BCUT2D eigenvalue weighted by molar-refractivity contribution is 9.10. The normalized spacial score (nSPS) is 10.4. The van der Waals surface area contributed by atoms with Gasteiger partial charge in [-0.3, -0.25) is 9.59 Å². The first-order valence-electron chi connectivity index (χ1n) is 13.5. The van der Waals surface area contributed by atoms with Crippen molar-refractivity contribution in [2.45, 2.75) is 39.8 Å². The maximum absolute atomic E-state index is 11.9. The molecule has 0 saturated carbocycles. The zero-order valence-electron chi connectivity index (χ0n) is 24.1. The fourth-order valence-corrected chi connectivity index (χ4v) is 4.91. The van der Waals surface area contributed by atoms with Gasteiger partial charge >= 0.3 is 0 Å². The Balaban J connectivity index is 0.000000248. The second kappa shape index (κ2) is 19.8. The van der Waals surface area contributed by atoms with Gasteiger partial charge in [0.2, 0.25) is 0 Å². The Bertz CT molecular complexity index is 1570. The standard InChI is InChI=1S/C15H17BrClN3O.C8H10ClN.C7H9BrN2O2/c1-11-10-19-14(16)15(21)20(11)8-7-18-6-5-12-3-2-4-13(17)9-12;9-8-3-1-2-7(6-8)4-5-10;1-5-4-9-6(8)7(12)10(5)2-3-11/h2-4,9-10,18H,5-8H2,1H3;1-3,6H,4-5,10H2;4,11H,2-3H2,1H3. The van der Waals surface area contributed by atoms with E-state index in [1.54, 1.807) is 23.9 Å². The first-order chi connectivity index (χ1) is 20.6. The van der Waals surface area contributed by atoms with Crippen LogP contribution in [0.1, 0.15) is 22.5 Å². The lowest BCUT2D eigenvalue weighted by atomic mass is 10.1. The van der Waals surface area contributed by atoms with Crippen LogP contribution in [0.5, 0.6) is 0 Å². The minimum atomic E-state index is -0.205. The van der Waals surface area contributed by atoms with Crippen LogP contribution in [-0.2, 0) is 25.9 Å². The zero-order valence-corrected chi connectivity index (χ0v) is 28.8. The molecule has 0 bridgehead atoms. The van der Waals surface area contributed by atoms with Crippen LogP contribution in [0.15, 0.2) is 79.7 Å². The van der Waals surface area contributed by atoms with Crippen molar-refractivity contribution in [3.63, 3.8) is 0 Å². The van der Waals surface area contributed by atoms with E-state index in [1.165, 1.54) is 15.7 Å². The van der Waals surface area contributed by atoms with Crippen molar-refractivity contribution < 1.29 is 5.11 Å². The van der Waals surface area contributed by atoms with E-state index in [0.29, 0.717) is 24.2 Å². The van der Waals surface area contributed by atoms with E-state index in [1.807, 2.05) is 49.4 Å². The molecule has 0 aliphatic carbocycles. The Hall–Kier alpha value is -2.38. The molecule has 0 spiro atoms. The molecule has 0 aliphatic heterocycles. The van der Waals surface area contributed by atoms with Crippen molar-refractivity contribution in [3.8, 4) is 0 Å². The quantitative estimate of drug-likeness (QED) is 0.196. The fourth-order valence-electron chi connectivity index (χ4n) is 3.85. The van der Waals surface area contributed by atoms with Gasteiger partial charge in [0.15, 0.2) is 9.21 Å². The molecule has 0 amide bonds. The molecule has 0 fully saturated rings. The number of halogens is 4. The summed E-state index contributed by atoms with van der Waals surface area (Å²) < 4.78 is 3.81. The molecule has 0 radical (unpaired) electrons. The highest BCUT2D eigenvalue weighted by atomic mass is 79.9. The largest absolute Gasteiger partial charge is 0.395 e. The monoisotopic (exact) mass is 756 g/mol. The molecule has 4 aromatic rings. The molecule has 4 N–H and O–H groups in total. The Morgan fingerprint density at radius 3 is 1.77 bits per heavy atom. The Morgan fingerprint density at radius 1 is 0.814 bits per heavy atom. The molecule has 9 nitrogen and oxygen atoms in total. The van der Waals surface area contributed by atoms with Gasteiger partial charge in [-0.15, -0.1) is 0 Å². The van der Waals surface area contributed by atoms with Crippen LogP contribution in [0.2, 0.25) is 10.0 Å². The number of nitrogens with zero attached hydrogens (tertiary/aromatic N) is 4. The van der Waals surface area contributed by atoms with E-state index in [0.717, 1.165) is 47.4 Å². The van der Waals surface area contributed by atoms with Gasteiger partial charge in [0.25, 0.3) is 11.1 Å². The Morgan fingerprint density at radius 2 is 1.30 bits per heavy atom. The van der Waals surface area contributed by atoms with Crippen LogP contribution in [0.4, 0.5) is 0 Å². The second-order valence-corrected chi connectivity index (χ2v) is 11.7. The second-order valence-electron chi connectivity index (χ2n) is 9.32. The summed E-state index contributed by atoms with van der Waals surface area (Å²) in [6, 6.07) is 15.6. The van der Waals surface area contributed by atoms with Crippen LogP contribution < -0.4 is 22.2 Å². The topological polar surface area (TPSA) is 128 Å². The van der Waals surface area contributed by atoms with Gasteiger partial charge in [-0.05, 0) is 107 Å². The number of aryl methyl sites for hydroxylation is 2. The van der Waals surface area contributed by atoms with Crippen LogP contribution in [0, 0.1) is 13.8 Å². The van der Waals surface area contributed by atoms with Crippen molar-refractivity contribution in [2.75, 3.05) is 26.2 Å². The third kappa shape index (κ3) is 13.0. The zero-order chi connectivity index (χ0) is 31.8. The summed E-state index contributed by atoms with van der Waals surface area (Å²) >= 11 is 17.9. The molecule has 232 valence electrons. The number of hydrogen-bond donors (Lipinski definition) is 3. The molecule has 0 aliphatic rings. The van der Waals surface area contributed by atoms with E-state index in [2.05, 4.69) is 53.2 Å². The predicted octanol–water partition coefficient (Wildman–Crippen LogP) is 4.95. The van der Waals surface area contributed by atoms with Gasteiger partial charge in [0.05, 0.1) is 6.61 Å². The van der Waals surface area contributed by atoms with Crippen molar-refractivity contribution >= 4 is 55.1 Å². The van der Waals surface area contributed by atoms with Gasteiger partial charge in [0, 0.05) is 53.5 Å². The fraction of sp³-hybridized carbons (Fsp3) is 0.333. The number of rotatable bonds is 10. The highest BCUT2D eigenvalue weighted by Gasteiger charge is 2.05. The third-order valence-corrected chi connectivity index (χ3v) is 7.62. The summed E-state index contributed by atoms with van der Waals surface area (Å²) in [6.07, 6.45) is 5.09. The van der Waals surface area contributed by atoms with Crippen LogP contribution in [0.3, 0.4) is 0 Å². The van der Waals surface area contributed by atoms with Crippen molar-refractivity contribution in [1.82, 2.24) is 24.4 Å². The summed E-state index contributed by atoms with van der Waals surface area (Å²) in [4.78, 5) is 31.0. The van der Waals surface area contributed by atoms with E-state index in [-0.39, 0.29) is 22.3 Å². The summed E-state index contributed by atoms with van der Waals surface area (Å²) in [6.45, 7) is 6.81. The third-order valence-electron chi connectivity index (χ3n) is 6.06. The molecule has 2 aromatic carbocycles. The number of aliphatic hydroxyl groups is 1. The van der Waals surface area contributed by atoms with Crippen LogP contribution in [0.25, 0.3) is 0 Å². The van der Waals surface area contributed by atoms with E-state index >= 15 is 0 Å². The van der Waals surface area contributed by atoms with Crippen LogP contribution >= 0.6 is 55.1 Å². The van der Waals surface area contributed by atoms with Crippen LogP contribution in [-0.4, -0.2) is 50.4 Å². The molecule has 0 atom stereocenters. The maximum Gasteiger partial charge on any atom is 0.283 e. The van der Waals surface area contributed by atoms with Crippen molar-refractivity contribution in [2.24, 2.45) is 5.73 Å². The Kier molecular flexibility index (Phi) is 17.0. The van der Waals surface area contributed by atoms with Crippen molar-refractivity contribution in [1.29, 1.82) is 0 Å². The van der Waals surface area contributed by atoms with Gasteiger partial charge in [-0.1, -0.05) is 47.5 Å². The molecular formula is C30H36Br2Cl2N6O3. The van der Waals surface area contributed by atoms with Gasteiger partial charge < -0.3 is 25.3 Å². The lowest BCUT2D eigenvalue weighted by Crippen LogP contribution is -2.30. The molecule has 2 aromatic heterocycles. The number of nitrogens with one attached hydrogen (secondary N) is 1. The minimum absolute atomic E-state index is 0.0444. The number of benzene rings is 2. The number of aliphatic hydroxyl groups excluding tert-OH is 1. The minimum Gasteiger partial charge on any atom is -0.395 e. The number of aromatic nitrogens is 4. The Labute approximate surface area is 278 Å². The molecule has 0 saturated heterocycles. The van der Waals surface area contributed by atoms with E-state index in [4.69, 9.17) is 34.0 Å². The summed E-state index contributed by atoms with van der Waals surface area (Å²) in [5.74, 6) is 0. The van der Waals surface area contributed by atoms with Crippen molar-refractivity contribution in [3.05, 3.63) is 123 Å². The number of hydrogen-bond acceptors (Lipinski definition) is 7. The summed E-state index contributed by atoms with van der Waals surface area (Å²) in [5.41, 5.74) is 9.09. The highest BCUT2D eigenvalue weighted by Crippen LogP contribution is 2.11. The predicted molar refractivity (Wildman–Crippen MR) is 181 cm³/mol. The lowest BCUT2D eigenvalue weighted by Gasteiger charge is -2.10. The summed E-state index contributed by atoms with van der Waals surface area (Å²) in [5, 5.41) is 13.5. The van der Waals surface area contributed by atoms with Gasteiger partial charge in [0.1, 0.15) is 0 Å². The van der Waals surface area contributed by atoms with Gasteiger partial charge in [-0.2, -0.15) is 0 Å². The molecular weight excluding hydrogens is 723 g/mol. The average Bonchev–Trinajstić information content (AvgIpc) is 2.98. The smallest absolute Gasteiger partial charge is 0.283 e. The van der Waals surface area contributed by atoms with E-state index < -0.39 is 0 Å². The molecule has 4 rings (SSSR count). The summed E-state index contributed by atoms with van der Waals surface area (Å²) in [7, 11) is 0.